The minimum absolute atomic E-state index is 0.180. The van der Waals surface area contributed by atoms with Crippen molar-refractivity contribution in [2.24, 2.45) is 11.8 Å². The van der Waals surface area contributed by atoms with Crippen molar-refractivity contribution in [2.75, 3.05) is 18.4 Å². The van der Waals surface area contributed by atoms with Gasteiger partial charge in [0, 0.05) is 19.1 Å². The van der Waals surface area contributed by atoms with Gasteiger partial charge in [-0.2, -0.15) is 0 Å². The number of fused-ring (bicyclic) bond motifs is 1. The van der Waals surface area contributed by atoms with Gasteiger partial charge in [0.1, 0.15) is 11.4 Å². The normalized spacial score (nSPS) is 27.0. The van der Waals surface area contributed by atoms with Gasteiger partial charge in [0.15, 0.2) is 0 Å². The molecule has 1 amide bonds. The van der Waals surface area contributed by atoms with Crippen LogP contribution in [0.25, 0.3) is 0 Å². The molecule has 126 valence electrons. The zero-order valence-electron chi connectivity index (χ0n) is 14.4. The SMILES string of the molecule is Cc1cnc(N[C@H]2C[C@@H]3CN(C(=O)OC(C)(C)C)C[C@@H]3C2)cn1. The van der Waals surface area contributed by atoms with Crippen LogP contribution in [0, 0.1) is 18.8 Å². The van der Waals surface area contributed by atoms with Crippen LogP contribution < -0.4 is 5.32 Å². The molecule has 1 N–H and O–H groups in total. The molecule has 2 fully saturated rings. The van der Waals surface area contributed by atoms with Crippen molar-refractivity contribution >= 4 is 11.9 Å². The number of carbonyl (C=O) groups is 1. The molecule has 3 rings (SSSR count). The van der Waals surface area contributed by atoms with Crippen LogP contribution in [0.5, 0.6) is 0 Å². The fraction of sp³-hybridized carbons (Fsp3) is 0.706. The average Bonchev–Trinajstić information content (AvgIpc) is 2.97. The van der Waals surface area contributed by atoms with E-state index in [-0.39, 0.29) is 6.09 Å². The Balaban J connectivity index is 1.51. The van der Waals surface area contributed by atoms with Gasteiger partial charge in [-0.1, -0.05) is 0 Å². The van der Waals surface area contributed by atoms with Crippen molar-refractivity contribution in [1.82, 2.24) is 14.9 Å². The first-order chi connectivity index (χ1) is 10.8. The van der Waals surface area contributed by atoms with Gasteiger partial charge in [-0.05, 0) is 52.4 Å². The summed E-state index contributed by atoms with van der Waals surface area (Å²) in [6.45, 7) is 9.26. The topological polar surface area (TPSA) is 67.4 Å². The first-order valence-electron chi connectivity index (χ1n) is 8.33. The zero-order chi connectivity index (χ0) is 16.6. The van der Waals surface area contributed by atoms with E-state index in [4.69, 9.17) is 4.74 Å². The van der Waals surface area contributed by atoms with E-state index < -0.39 is 5.60 Å². The van der Waals surface area contributed by atoms with Crippen LogP contribution in [-0.4, -0.2) is 45.7 Å². The largest absolute Gasteiger partial charge is 0.444 e. The number of nitrogens with zero attached hydrogens (tertiary/aromatic N) is 3. The van der Waals surface area contributed by atoms with Crippen LogP contribution in [0.4, 0.5) is 10.6 Å². The molecule has 1 saturated heterocycles. The summed E-state index contributed by atoms with van der Waals surface area (Å²) in [5.41, 5.74) is 0.495. The highest BCUT2D eigenvalue weighted by Crippen LogP contribution is 2.39. The summed E-state index contributed by atoms with van der Waals surface area (Å²) in [6.07, 6.45) is 5.53. The Kier molecular flexibility index (Phi) is 4.17. The lowest BCUT2D eigenvalue weighted by atomic mass is 10.0. The molecule has 2 aliphatic rings. The van der Waals surface area contributed by atoms with Crippen molar-refractivity contribution in [1.29, 1.82) is 0 Å². The second kappa shape index (κ2) is 5.98. The molecule has 6 nitrogen and oxygen atoms in total. The van der Waals surface area contributed by atoms with Crippen LogP contribution in [-0.2, 0) is 4.74 Å². The first-order valence-corrected chi connectivity index (χ1v) is 8.33. The molecular formula is C17H26N4O2. The van der Waals surface area contributed by atoms with Crippen molar-refractivity contribution < 1.29 is 9.53 Å². The molecule has 0 radical (unpaired) electrons. The second-order valence-electron chi connectivity index (χ2n) is 7.76. The minimum atomic E-state index is -0.428. The third kappa shape index (κ3) is 3.92. The molecule has 1 saturated carbocycles. The van der Waals surface area contributed by atoms with E-state index in [9.17, 15) is 4.79 Å². The van der Waals surface area contributed by atoms with E-state index in [0.717, 1.165) is 37.4 Å². The van der Waals surface area contributed by atoms with Crippen molar-refractivity contribution in [2.45, 2.75) is 52.2 Å². The summed E-state index contributed by atoms with van der Waals surface area (Å²) in [6, 6.07) is 0.419. The fourth-order valence-electron chi connectivity index (χ4n) is 3.57. The summed E-state index contributed by atoms with van der Waals surface area (Å²) >= 11 is 0. The maximum absolute atomic E-state index is 12.2. The number of carbonyl (C=O) groups excluding carboxylic acids is 1. The van der Waals surface area contributed by atoms with E-state index in [1.54, 1.807) is 12.4 Å². The molecule has 1 aromatic rings. The maximum Gasteiger partial charge on any atom is 0.410 e. The van der Waals surface area contributed by atoms with Crippen molar-refractivity contribution in [3.63, 3.8) is 0 Å². The Bertz CT molecular complexity index is 553. The number of anilines is 1. The smallest absolute Gasteiger partial charge is 0.410 e. The summed E-state index contributed by atoms with van der Waals surface area (Å²) in [5.74, 6) is 1.95. The summed E-state index contributed by atoms with van der Waals surface area (Å²) in [4.78, 5) is 22.7. The van der Waals surface area contributed by atoms with Gasteiger partial charge < -0.3 is 15.0 Å². The van der Waals surface area contributed by atoms with E-state index >= 15 is 0 Å². The molecule has 6 heteroatoms. The highest BCUT2D eigenvalue weighted by atomic mass is 16.6. The molecule has 3 atom stereocenters. The van der Waals surface area contributed by atoms with Crippen LogP contribution in [0.3, 0.4) is 0 Å². The lowest BCUT2D eigenvalue weighted by molar-refractivity contribution is 0.0280. The Morgan fingerprint density at radius 2 is 1.87 bits per heavy atom. The number of ether oxygens (including phenoxy) is 1. The molecule has 23 heavy (non-hydrogen) atoms. The standard InChI is InChI=1S/C17H26N4O2/c1-11-7-19-15(8-18-11)20-14-5-12-9-21(10-13(12)6-14)16(22)23-17(2,3)4/h7-8,12-14H,5-6,9-10H2,1-4H3,(H,19,20)/t12-,13+,14+. The Morgan fingerprint density at radius 1 is 1.22 bits per heavy atom. The number of nitrogens with one attached hydrogen (secondary N) is 1. The highest BCUT2D eigenvalue weighted by Gasteiger charge is 2.43. The lowest BCUT2D eigenvalue weighted by Crippen LogP contribution is -2.36. The van der Waals surface area contributed by atoms with Gasteiger partial charge in [0.25, 0.3) is 0 Å². The predicted molar refractivity (Wildman–Crippen MR) is 88.2 cm³/mol. The monoisotopic (exact) mass is 318 g/mol. The molecule has 1 aromatic heterocycles. The third-order valence-electron chi connectivity index (χ3n) is 4.54. The molecule has 0 aromatic carbocycles. The van der Waals surface area contributed by atoms with E-state index in [1.807, 2.05) is 32.6 Å². The molecule has 2 heterocycles. The van der Waals surface area contributed by atoms with Crippen LogP contribution in [0.1, 0.15) is 39.3 Å². The van der Waals surface area contributed by atoms with Gasteiger partial charge in [-0.3, -0.25) is 4.98 Å². The number of hydrogen-bond acceptors (Lipinski definition) is 5. The van der Waals surface area contributed by atoms with E-state index in [0.29, 0.717) is 17.9 Å². The van der Waals surface area contributed by atoms with Gasteiger partial charge in [-0.25, -0.2) is 9.78 Å². The Morgan fingerprint density at radius 3 is 2.39 bits per heavy atom. The van der Waals surface area contributed by atoms with Gasteiger partial charge >= 0.3 is 6.09 Å². The zero-order valence-corrected chi connectivity index (χ0v) is 14.4. The highest BCUT2D eigenvalue weighted by molar-refractivity contribution is 5.68. The number of rotatable bonds is 2. The fourth-order valence-corrected chi connectivity index (χ4v) is 3.57. The number of hydrogen-bond donors (Lipinski definition) is 1. The minimum Gasteiger partial charge on any atom is -0.444 e. The van der Waals surface area contributed by atoms with Crippen LogP contribution in [0.15, 0.2) is 12.4 Å². The van der Waals surface area contributed by atoms with E-state index in [1.165, 1.54) is 0 Å². The number of amides is 1. The second-order valence-corrected chi connectivity index (χ2v) is 7.76. The molecule has 0 unspecified atom stereocenters. The summed E-state index contributed by atoms with van der Waals surface area (Å²) < 4.78 is 5.47. The number of aryl methyl sites for hydroxylation is 1. The molecule has 0 bridgehead atoms. The van der Waals surface area contributed by atoms with Gasteiger partial charge in [0.05, 0.1) is 18.1 Å². The molecular weight excluding hydrogens is 292 g/mol. The molecule has 1 aliphatic carbocycles. The summed E-state index contributed by atoms with van der Waals surface area (Å²) in [5, 5.41) is 3.47. The van der Waals surface area contributed by atoms with Crippen LogP contribution >= 0.6 is 0 Å². The van der Waals surface area contributed by atoms with Crippen molar-refractivity contribution in [3.05, 3.63) is 18.1 Å². The van der Waals surface area contributed by atoms with Crippen LogP contribution in [0.2, 0.25) is 0 Å². The molecule has 0 spiro atoms. The number of aromatic nitrogens is 2. The number of likely N-dealkylation sites (tertiary alicyclic amines) is 1. The van der Waals surface area contributed by atoms with E-state index in [2.05, 4.69) is 15.3 Å². The summed E-state index contributed by atoms with van der Waals surface area (Å²) in [7, 11) is 0. The third-order valence-corrected chi connectivity index (χ3v) is 4.54. The molecule has 1 aliphatic heterocycles. The average molecular weight is 318 g/mol. The quantitative estimate of drug-likeness (QED) is 0.908. The Hall–Kier alpha value is -1.85. The predicted octanol–water partition coefficient (Wildman–Crippen LogP) is 2.84. The first kappa shape index (κ1) is 16.0. The maximum atomic E-state index is 12.2. The lowest BCUT2D eigenvalue weighted by Gasteiger charge is -2.25. The van der Waals surface area contributed by atoms with Gasteiger partial charge in [0.2, 0.25) is 0 Å². The van der Waals surface area contributed by atoms with Crippen molar-refractivity contribution in [3.8, 4) is 0 Å². The Labute approximate surface area is 137 Å². The van der Waals surface area contributed by atoms with Gasteiger partial charge in [-0.15, -0.1) is 0 Å².